The molecule has 0 unspecified atom stereocenters. The molecule has 0 saturated carbocycles. The van der Waals surface area contributed by atoms with Crippen LogP contribution in [-0.4, -0.2) is 21.7 Å². The fourth-order valence-electron chi connectivity index (χ4n) is 1.48. The first-order chi connectivity index (χ1) is 8.78. The molecule has 0 spiro atoms. The highest BCUT2D eigenvalue weighted by Gasteiger charge is 2.04. The van der Waals surface area contributed by atoms with Crippen molar-refractivity contribution in [3.63, 3.8) is 0 Å². The summed E-state index contributed by atoms with van der Waals surface area (Å²) in [6.45, 7) is 0.850. The molecule has 1 aromatic heterocycles. The number of rotatable bonds is 6. The highest BCUT2D eigenvalue weighted by molar-refractivity contribution is 5.22. The van der Waals surface area contributed by atoms with Gasteiger partial charge in [0.1, 0.15) is 18.2 Å². The minimum absolute atomic E-state index is 0.235. The van der Waals surface area contributed by atoms with Crippen LogP contribution in [0.2, 0.25) is 0 Å². The summed E-state index contributed by atoms with van der Waals surface area (Å²) in [7, 11) is 0. The third kappa shape index (κ3) is 3.53. The van der Waals surface area contributed by atoms with E-state index in [4.69, 9.17) is 10.5 Å². The van der Waals surface area contributed by atoms with Crippen LogP contribution in [0, 0.1) is 5.82 Å². The predicted octanol–water partition coefficient (Wildman–Crippen LogP) is 1.41. The Hall–Kier alpha value is -1.95. The third-order valence-corrected chi connectivity index (χ3v) is 2.35. The Morgan fingerprint density at radius 1 is 1.39 bits per heavy atom. The Kier molecular flexibility index (Phi) is 4.25. The number of ether oxygens (including phenoxy) is 1. The topological polar surface area (TPSA) is 76.8 Å². The third-order valence-electron chi connectivity index (χ3n) is 2.35. The van der Waals surface area contributed by atoms with Crippen molar-refractivity contribution in [3.05, 3.63) is 41.7 Å². The minimum atomic E-state index is -0.325. The number of nitrogens with one attached hydrogen (secondary N) is 1. The van der Waals surface area contributed by atoms with Gasteiger partial charge >= 0.3 is 0 Å². The first-order valence-corrected chi connectivity index (χ1v) is 5.76. The number of aromatic amines is 1. The summed E-state index contributed by atoms with van der Waals surface area (Å²) in [5.74, 6) is 1.48. The maximum Gasteiger partial charge on any atom is 0.162 e. The molecule has 2 rings (SSSR count). The van der Waals surface area contributed by atoms with Crippen LogP contribution in [0.1, 0.15) is 18.1 Å². The lowest BCUT2D eigenvalue weighted by molar-refractivity contribution is 0.295. The number of halogens is 1. The highest BCUT2D eigenvalue weighted by Crippen LogP contribution is 2.13. The molecule has 0 fully saturated rings. The normalized spacial score (nSPS) is 10.6. The van der Waals surface area contributed by atoms with E-state index in [9.17, 15) is 4.39 Å². The first kappa shape index (κ1) is 12.5. The highest BCUT2D eigenvalue weighted by atomic mass is 19.1. The van der Waals surface area contributed by atoms with Gasteiger partial charge in [0.15, 0.2) is 11.6 Å². The molecule has 6 heteroatoms. The second-order valence-electron chi connectivity index (χ2n) is 3.84. The summed E-state index contributed by atoms with van der Waals surface area (Å²) in [6.07, 6.45) is 1.59. The van der Waals surface area contributed by atoms with Gasteiger partial charge in [-0.15, -0.1) is 0 Å². The quantitative estimate of drug-likeness (QED) is 0.812. The average molecular weight is 250 g/mol. The van der Waals surface area contributed by atoms with Crippen molar-refractivity contribution in [2.45, 2.75) is 19.4 Å². The van der Waals surface area contributed by atoms with Gasteiger partial charge in [0.05, 0.1) is 0 Å². The number of hydrogen-bond acceptors (Lipinski definition) is 4. The van der Waals surface area contributed by atoms with E-state index in [0.717, 1.165) is 18.7 Å². The van der Waals surface area contributed by atoms with Crippen LogP contribution in [0.4, 0.5) is 4.39 Å². The Morgan fingerprint density at radius 2 is 2.28 bits per heavy atom. The minimum Gasteiger partial charge on any atom is -0.486 e. The van der Waals surface area contributed by atoms with E-state index in [1.165, 1.54) is 12.1 Å². The fourth-order valence-corrected chi connectivity index (χ4v) is 1.48. The van der Waals surface area contributed by atoms with Gasteiger partial charge < -0.3 is 10.5 Å². The fraction of sp³-hybridized carbons (Fsp3) is 0.333. The van der Waals surface area contributed by atoms with E-state index in [1.54, 1.807) is 12.1 Å². The molecule has 1 heterocycles. The van der Waals surface area contributed by atoms with Crippen LogP contribution in [0.15, 0.2) is 24.3 Å². The maximum absolute atomic E-state index is 12.9. The molecular formula is C12H15FN4O. The molecule has 0 saturated heterocycles. The predicted molar refractivity (Wildman–Crippen MR) is 64.5 cm³/mol. The zero-order valence-electron chi connectivity index (χ0n) is 9.90. The van der Waals surface area contributed by atoms with Gasteiger partial charge in [-0.1, -0.05) is 6.07 Å². The lowest BCUT2D eigenvalue weighted by Crippen LogP contribution is -2.01. The molecule has 3 N–H and O–H groups in total. The van der Waals surface area contributed by atoms with Crippen LogP contribution in [0.3, 0.4) is 0 Å². The number of H-pyrrole nitrogens is 1. The second kappa shape index (κ2) is 6.11. The second-order valence-corrected chi connectivity index (χ2v) is 3.84. The van der Waals surface area contributed by atoms with E-state index < -0.39 is 0 Å². The summed E-state index contributed by atoms with van der Waals surface area (Å²) in [5, 5.41) is 6.82. The summed E-state index contributed by atoms with van der Waals surface area (Å²) < 4.78 is 18.3. The molecule has 0 aliphatic rings. The zero-order valence-corrected chi connectivity index (χ0v) is 9.90. The summed E-state index contributed by atoms with van der Waals surface area (Å²) in [6, 6.07) is 5.98. The van der Waals surface area contributed by atoms with Gasteiger partial charge in [0, 0.05) is 12.5 Å². The average Bonchev–Trinajstić information content (AvgIpc) is 2.82. The largest absolute Gasteiger partial charge is 0.486 e. The molecule has 0 aliphatic carbocycles. The van der Waals surface area contributed by atoms with E-state index in [-0.39, 0.29) is 12.4 Å². The van der Waals surface area contributed by atoms with Crippen LogP contribution in [0.5, 0.6) is 5.75 Å². The molecule has 0 aliphatic heterocycles. The molecule has 0 radical (unpaired) electrons. The summed E-state index contributed by atoms with van der Waals surface area (Å²) in [4.78, 5) is 4.24. The van der Waals surface area contributed by atoms with Crippen molar-refractivity contribution in [1.29, 1.82) is 0 Å². The molecule has 0 amide bonds. The van der Waals surface area contributed by atoms with Gasteiger partial charge in [0.2, 0.25) is 0 Å². The van der Waals surface area contributed by atoms with Gasteiger partial charge in [-0.3, -0.25) is 5.10 Å². The molecule has 0 atom stereocenters. The maximum atomic E-state index is 12.9. The van der Waals surface area contributed by atoms with E-state index in [0.29, 0.717) is 18.1 Å². The number of nitrogens with two attached hydrogens (primary N) is 1. The van der Waals surface area contributed by atoms with Crippen LogP contribution < -0.4 is 10.5 Å². The summed E-state index contributed by atoms with van der Waals surface area (Å²) >= 11 is 0. The standard InChI is InChI=1S/C12H15FN4O/c13-9-3-1-4-10(7-9)18-8-12-15-11(16-17-12)5-2-6-14/h1,3-4,7H,2,5-6,8,14H2,(H,15,16,17). The van der Waals surface area contributed by atoms with Crippen molar-refractivity contribution < 1.29 is 9.13 Å². The molecule has 0 bridgehead atoms. The van der Waals surface area contributed by atoms with Gasteiger partial charge in [-0.05, 0) is 25.1 Å². The SMILES string of the molecule is NCCCc1n[nH]c(COc2cccc(F)c2)n1. The zero-order chi connectivity index (χ0) is 12.8. The van der Waals surface area contributed by atoms with Crippen LogP contribution in [0.25, 0.3) is 0 Å². The van der Waals surface area contributed by atoms with Crippen LogP contribution >= 0.6 is 0 Å². The summed E-state index contributed by atoms with van der Waals surface area (Å²) in [5.41, 5.74) is 5.41. The van der Waals surface area contributed by atoms with Crippen molar-refractivity contribution >= 4 is 0 Å². The smallest absolute Gasteiger partial charge is 0.162 e. The number of benzene rings is 1. The van der Waals surface area contributed by atoms with Gasteiger partial charge in [-0.2, -0.15) is 5.10 Å². The lowest BCUT2D eigenvalue weighted by Gasteiger charge is -2.02. The Morgan fingerprint density at radius 3 is 3.06 bits per heavy atom. The number of aryl methyl sites for hydroxylation is 1. The number of nitrogens with zero attached hydrogens (tertiary/aromatic N) is 2. The molecule has 18 heavy (non-hydrogen) atoms. The lowest BCUT2D eigenvalue weighted by atomic mass is 10.3. The number of aromatic nitrogens is 3. The van der Waals surface area contributed by atoms with E-state index in [2.05, 4.69) is 15.2 Å². The van der Waals surface area contributed by atoms with E-state index >= 15 is 0 Å². The van der Waals surface area contributed by atoms with Gasteiger partial charge in [0.25, 0.3) is 0 Å². The molecule has 2 aromatic rings. The molecule has 96 valence electrons. The monoisotopic (exact) mass is 250 g/mol. The van der Waals surface area contributed by atoms with E-state index in [1.807, 2.05) is 0 Å². The first-order valence-electron chi connectivity index (χ1n) is 5.76. The van der Waals surface area contributed by atoms with Crippen LogP contribution in [-0.2, 0) is 13.0 Å². The Bertz CT molecular complexity index is 500. The molecular weight excluding hydrogens is 235 g/mol. The van der Waals surface area contributed by atoms with Crippen molar-refractivity contribution in [1.82, 2.24) is 15.2 Å². The Labute approximate surface area is 104 Å². The Balaban J connectivity index is 1.88. The van der Waals surface area contributed by atoms with Gasteiger partial charge in [-0.25, -0.2) is 9.37 Å². The molecule has 5 nitrogen and oxygen atoms in total. The number of hydrogen-bond donors (Lipinski definition) is 2. The molecule has 1 aromatic carbocycles. The van der Waals surface area contributed by atoms with Crippen molar-refractivity contribution in [2.75, 3.05) is 6.54 Å². The van der Waals surface area contributed by atoms with Crippen molar-refractivity contribution in [3.8, 4) is 5.75 Å². The van der Waals surface area contributed by atoms with Crippen molar-refractivity contribution in [2.24, 2.45) is 5.73 Å².